The highest BCUT2D eigenvalue weighted by atomic mass is 127. The SMILES string of the molecule is CCCCOC(=O)c1ccc(NC(=O)c2ccc(C)cc2I)cc1. The van der Waals surface area contributed by atoms with Gasteiger partial charge in [0.05, 0.1) is 17.7 Å². The summed E-state index contributed by atoms with van der Waals surface area (Å²) in [5.41, 5.74) is 2.86. The molecule has 5 heteroatoms. The van der Waals surface area contributed by atoms with Crippen LogP contribution < -0.4 is 5.32 Å². The standard InChI is InChI=1S/C19H20INO3/c1-3-4-11-24-19(23)14-6-8-15(9-7-14)21-18(22)16-10-5-13(2)12-17(16)20/h5-10,12H,3-4,11H2,1-2H3,(H,21,22). The Morgan fingerprint density at radius 2 is 1.83 bits per heavy atom. The van der Waals surface area contributed by atoms with Crippen LogP contribution in [0.4, 0.5) is 5.69 Å². The van der Waals surface area contributed by atoms with Crippen molar-refractivity contribution in [1.29, 1.82) is 0 Å². The Balaban J connectivity index is 2.00. The number of unbranched alkanes of at least 4 members (excludes halogenated alkanes) is 1. The maximum absolute atomic E-state index is 12.3. The van der Waals surface area contributed by atoms with E-state index in [1.54, 1.807) is 24.3 Å². The molecule has 24 heavy (non-hydrogen) atoms. The predicted molar refractivity (Wildman–Crippen MR) is 103 cm³/mol. The number of aryl methyl sites for hydroxylation is 1. The first kappa shape index (κ1) is 18.4. The molecule has 2 aromatic carbocycles. The zero-order valence-corrected chi connectivity index (χ0v) is 15.9. The smallest absolute Gasteiger partial charge is 0.338 e. The molecule has 0 aliphatic heterocycles. The highest BCUT2D eigenvalue weighted by Gasteiger charge is 2.11. The van der Waals surface area contributed by atoms with E-state index in [0.29, 0.717) is 23.4 Å². The van der Waals surface area contributed by atoms with Gasteiger partial charge in [-0.15, -0.1) is 0 Å². The van der Waals surface area contributed by atoms with Crippen molar-refractivity contribution in [3.63, 3.8) is 0 Å². The quantitative estimate of drug-likeness (QED) is 0.401. The average molecular weight is 437 g/mol. The third-order valence-electron chi connectivity index (χ3n) is 3.48. The normalized spacial score (nSPS) is 10.3. The lowest BCUT2D eigenvalue weighted by atomic mass is 10.1. The molecule has 1 N–H and O–H groups in total. The molecule has 2 rings (SSSR count). The minimum atomic E-state index is -0.339. The van der Waals surface area contributed by atoms with Gasteiger partial charge in [0.25, 0.3) is 5.91 Å². The zero-order chi connectivity index (χ0) is 17.5. The highest BCUT2D eigenvalue weighted by molar-refractivity contribution is 14.1. The zero-order valence-electron chi connectivity index (χ0n) is 13.8. The van der Waals surface area contributed by atoms with Gasteiger partial charge in [-0.05, 0) is 72.3 Å². The average Bonchev–Trinajstić information content (AvgIpc) is 2.55. The molecule has 126 valence electrons. The highest BCUT2D eigenvalue weighted by Crippen LogP contribution is 2.17. The van der Waals surface area contributed by atoms with E-state index in [-0.39, 0.29) is 11.9 Å². The summed E-state index contributed by atoms with van der Waals surface area (Å²) in [6.45, 7) is 4.46. The molecule has 2 aromatic rings. The van der Waals surface area contributed by atoms with Crippen molar-refractivity contribution in [2.75, 3.05) is 11.9 Å². The number of nitrogens with one attached hydrogen (secondary N) is 1. The third-order valence-corrected chi connectivity index (χ3v) is 4.37. The largest absolute Gasteiger partial charge is 0.462 e. The summed E-state index contributed by atoms with van der Waals surface area (Å²) in [5.74, 6) is -0.507. The topological polar surface area (TPSA) is 55.4 Å². The molecule has 0 aliphatic carbocycles. The number of benzene rings is 2. The van der Waals surface area contributed by atoms with Crippen LogP contribution in [0.2, 0.25) is 0 Å². The molecule has 0 bridgehead atoms. The Hall–Kier alpha value is -1.89. The Morgan fingerprint density at radius 1 is 1.12 bits per heavy atom. The van der Waals surface area contributed by atoms with Crippen molar-refractivity contribution in [3.8, 4) is 0 Å². The van der Waals surface area contributed by atoms with Crippen LogP contribution in [0.15, 0.2) is 42.5 Å². The van der Waals surface area contributed by atoms with Gasteiger partial charge in [-0.1, -0.05) is 25.0 Å². The molecule has 0 radical (unpaired) electrons. The molecular weight excluding hydrogens is 417 g/mol. The first-order chi connectivity index (χ1) is 11.5. The van der Waals surface area contributed by atoms with Crippen molar-refractivity contribution in [1.82, 2.24) is 0 Å². The second kappa shape index (κ2) is 8.82. The van der Waals surface area contributed by atoms with Crippen LogP contribution in [0, 0.1) is 10.5 Å². The van der Waals surface area contributed by atoms with Crippen LogP contribution in [-0.2, 0) is 4.74 Å². The van der Waals surface area contributed by atoms with E-state index in [1.807, 2.05) is 32.0 Å². The van der Waals surface area contributed by atoms with Gasteiger partial charge in [0.15, 0.2) is 0 Å². The Kier molecular flexibility index (Phi) is 6.78. The number of amides is 1. The Labute approximate surface area is 155 Å². The van der Waals surface area contributed by atoms with E-state index in [2.05, 4.69) is 27.9 Å². The number of carbonyl (C=O) groups excluding carboxylic acids is 2. The predicted octanol–water partition coefficient (Wildman–Crippen LogP) is 4.81. The fourth-order valence-electron chi connectivity index (χ4n) is 2.08. The van der Waals surface area contributed by atoms with E-state index < -0.39 is 0 Å². The molecule has 1 amide bonds. The molecule has 0 saturated heterocycles. The maximum atomic E-state index is 12.3. The lowest BCUT2D eigenvalue weighted by Crippen LogP contribution is -2.13. The molecule has 0 spiro atoms. The van der Waals surface area contributed by atoms with Crippen LogP contribution in [0.25, 0.3) is 0 Å². The maximum Gasteiger partial charge on any atom is 0.338 e. The van der Waals surface area contributed by atoms with E-state index in [0.717, 1.165) is 22.0 Å². The molecule has 0 unspecified atom stereocenters. The Morgan fingerprint density at radius 3 is 2.46 bits per heavy atom. The lowest BCUT2D eigenvalue weighted by molar-refractivity contribution is 0.0499. The van der Waals surface area contributed by atoms with Crippen molar-refractivity contribution >= 4 is 40.2 Å². The molecule has 4 nitrogen and oxygen atoms in total. The van der Waals surface area contributed by atoms with E-state index in [4.69, 9.17) is 4.74 Å². The number of rotatable bonds is 6. The number of carbonyl (C=O) groups is 2. The monoisotopic (exact) mass is 437 g/mol. The second-order valence-corrected chi connectivity index (χ2v) is 6.67. The van der Waals surface area contributed by atoms with Crippen LogP contribution in [0.3, 0.4) is 0 Å². The minimum Gasteiger partial charge on any atom is -0.462 e. The number of ether oxygens (including phenoxy) is 1. The summed E-state index contributed by atoms with van der Waals surface area (Å²) in [6.07, 6.45) is 1.84. The first-order valence-corrected chi connectivity index (χ1v) is 8.94. The van der Waals surface area contributed by atoms with Crippen LogP contribution >= 0.6 is 22.6 Å². The van der Waals surface area contributed by atoms with Crippen molar-refractivity contribution in [3.05, 3.63) is 62.7 Å². The minimum absolute atomic E-state index is 0.169. The molecule has 0 fully saturated rings. The first-order valence-electron chi connectivity index (χ1n) is 7.86. The van der Waals surface area contributed by atoms with E-state index in [9.17, 15) is 9.59 Å². The molecule has 0 saturated carbocycles. The van der Waals surface area contributed by atoms with Crippen molar-refractivity contribution < 1.29 is 14.3 Å². The van der Waals surface area contributed by atoms with Gasteiger partial charge in [-0.3, -0.25) is 4.79 Å². The summed E-state index contributed by atoms with van der Waals surface area (Å²) in [6, 6.07) is 12.4. The van der Waals surface area contributed by atoms with Gasteiger partial charge < -0.3 is 10.1 Å². The van der Waals surface area contributed by atoms with Crippen LogP contribution in [0.5, 0.6) is 0 Å². The summed E-state index contributed by atoms with van der Waals surface area (Å²) in [4.78, 5) is 24.2. The third kappa shape index (κ3) is 5.06. The van der Waals surface area contributed by atoms with Gasteiger partial charge in [0.1, 0.15) is 0 Å². The molecule has 0 aromatic heterocycles. The van der Waals surface area contributed by atoms with Gasteiger partial charge in [0.2, 0.25) is 0 Å². The number of halogens is 1. The lowest BCUT2D eigenvalue weighted by Gasteiger charge is -2.09. The van der Waals surface area contributed by atoms with E-state index in [1.165, 1.54) is 0 Å². The molecular formula is C19H20INO3. The Bertz CT molecular complexity index is 726. The van der Waals surface area contributed by atoms with Crippen LogP contribution in [-0.4, -0.2) is 18.5 Å². The molecule has 0 atom stereocenters. The van der Waals surface area contributed by atoms with Gasteiger partial charge in [-0.25, -0.2) is 4.79 Å². The summed E-state index contributed by atoms with van der Waals surface area (Å²) < 4.78 is 6.06. The van der Waals surface area contributed by atoms with Crippen molar-refractivity contribution in [2.24, 2.45) is 0 Å². The molecule has 0 heterocycles. The number of hydrogen-bond donors (Lipinski definition) is 1. The summed E-state index contributed by atoms with van der Waals surface area (Å²) in [7, 11) is 0. The number of hydrogen-bond acceptors (Lipinski definition) is 3. The van der Waals surface area contributed by atoms with E-state index >= 15 is 0 Å². The van der Waals surface area contributed by atoms with Crippen LogP contribution in [0.1, 0.15) is 46.0 Å². The summed E-state index contributed by atoms with van der Waals surface area (Å²) >= 11 is 2.15. The number of esters is 1. The number of anilines is 1. The van der Waals surface area contributed by atoms with Gasteiger partial charge >= 0.3 is 5.97 Å². The van der Waals surface area contributed by atoms with Gasteiger partial charge in [0, 0.05) is 9.26 Å². The fourth-order valence-corrected chi connectivity index (χ4v) is 3.00. The second-order valence-electron chi connectivity index (χ2n) is 5.50. The fraction of sp³-hybridized carbons (Fsp3) is 0.263. The molecule has 0 aliphatic rings. The summed E-state index contributed by atoms with van der Waals surface area (Å²) in [5, 5.41) is 2.84. The van der Waals surface area contributed by atoms with Gasteiger partial charge in [-0.2, -0.15) is 0 Å². The van der Waals surface area contributed by atoms with Crippen molar-refractivity contribution in [2.45, 2.75) is 26.7 Å².